The van der Waals surface area contributed by atoms with E-state index in [0.717, 1.165) is 64.2 Å². The van der Waals surface area contributed by atoms with Crippen LogP contribution in [0.5, 0.6) is 0 Å². The van der Waals surface area contributed by atoms with Gasteiger partial charge < -0.3 is 20.1 Å². The van der Waals surface area contributed by atoms with Crippen molar-refractivity contribution in [2.75, 3.05) is 53.1 Å². The quantitative estimate of drug-likeness (QED) is 0.391. The van der Waals surface area contributed by atoms with Gasteiger partial charge in [0.15, 0.2) is 5.96 Å². The van der Waals surface area contributed by atoms with Crippen LogP contribution >= 0.6 is 0 Å². The third-order valence-electron chi connectivity index (χ3n) is 6.08. The molecule has 1 aliphatic carbocycles. The fraction of sp³-hybridized carbons (Fsp3) is 0.950. The Morgan fingerprint density at radius 2 is 1.96 bits per heavy atom. The fourth-order valence-corrected chi connectivity index (χ4v) is 4.44. The average molecular weight is 367 g/mol. The fourth-order valence-electron chi connectivity index (χ4n) is 4.44. The van der Waals surface area contributed by atoms with Crippen molar-refractivity contribution in [3.8, 4) is 0 Å². The number of likely N-dealkylation sites (tertiary alicyclic amines) is 1. The van der Waals surface area contributed by atoms with Gasteiger partial charge in [-0.1, -0.05) is 12.8 Å². The summed E-state index contributed by atoms with van der Waals surface area (Å²) in [7, 11) is 1.86. The van der Waals surface area contributed by atoms with Crippen molar-refractivity contribution < 1.29 is 9.47 Å². The van der Waals surface area contributed by atoms with Crippen molar-refractivity contribution in [1.29, 1.82) is 0 Å². The Morgan fingerprint density at radius 1 is 1.15 bits per heavy atom. The van der Waals surface area contributed by atoms with E-state index in [1.807, 2.05) is 7.05 Å². The largest absolute Gasteiger partial charge is 0.381 e. The lowest BCUT2D eigenvalue weighted by Crippen LogP contribution is -2.45. The van der Waals surface area contributed by atoms with E-state index in [1.54, 1.807) is 0 Å². The van der Waals surface area contributed by atoms with Crippen LogP contribution in [-0.4, -0.2) is 76.1 Å². The number of hydrogen-bond acceptors (Lipinski definition) is 4. The Hall–Kier alpha value is -0.850. The van der Waals surface area contributed by atoms with Crippen LogP contribution in [0.2, 0.25) is 0 Å². The Balaban J connectivity index is 1.23. The molecular formula is C20H38N4O2. The van der Waals surface area contributed by atoms with Gasteiger partial charge in [0, 0.05) is 65.2 Å². The van der Waals surface area contributed by atoms with Crippen LogP contribution in [0.3, 0.4) is 0 Å². The van der Waals surface area contributed by atoms with Gasteiger partial charge >= 0.3 is 0 Å². The number of guanidine groups is 1. The zero-order valence-electron chi connectivity index (χ0n) is 16.5. The summed E-state index contributed by atoms with van der Waals surface area (Å²) < 4.78 is 11.2. The highest BCUT2D eigenvalue weighted by Crippen LogP contribution is 2.26. The number of hydrogen-bond donors (Lipinski definition) is 2. The van der Waals surface area contributed by atoms with Gasteiger partial charge in [0.1, 0.15) is 0 Å². The highest BCUT2D eigenvalue weighted by molar-refractivity contribution is 5.79. The van der Waals surface area contributed by atoms with Gasteiger partial charge in [-0.05, 0) is 44.4 Å². The normalized spacial score (nSPS) is 26.5. The van der Waals surface area contributed by atoms with Gasteiger partial charge in [0.05, 0.1) is 0 Å². The molecule has 2 aliphatic heterocycles. The number of aliphatic imine (C=N–C) groups is 1. The van der Waals surface area contributed by atoms with Crippen LogP contribution in [0.15, 0.2) is 4.99 Å². The van der Waals surface area contributed by atoms with E-state index >= 15 is 0 Å². The summed E-state index contributed by atoms with van der Waals surface area (Å²) in [5.41, 5.74) is 0. The monoisotopic (exact) mass is 366 g/mol. The van der Waals surface area contributed by atoms with Gasteiger partial charge in [-0.3, -0.25) is 9.89 Å². The number of nitrogens with one attached hydrogen (secondary N) is 2. The maximum Gasteiger partial charge on any atom is 0.191 e. The van der Waals surface area contributed by atoms with Crippen molar-refractivity contribution in [2.45, 2.75) is 63.5 Å². The second-order valence-electron chi connectivity index (χ2n) is 8.05. The molecule has 2 N–H and O–H groups in total. The first-order valence-corrected chi connectivity index (χ1v) is 10.7. The van der Waals surface area contributed by atoms with Crippen molar-refractivity contribution >= 4 is 5.96 Å². The zero-order chi connectivity index (χ0) is 18.0. The SMILES string of the molecule is CN=C(NCCCOCC1CCOCC1)NC1CCN(C2CCCC2)C1. The predicted octanol–water partition coefficient (Wildman–Crippen LogP) is 2.00. The van der Waals surface area contributed by atoms with Crippen LogP contribution in [-0.2, 0) is 9.47 Å². The molecule has 0 bridgehead atoms. The molecule has 0 spiro atoms. The second-order valence-corrected chi connectivity index (χ2v) is 8.05. The van der Waals surface area contributed by atoms with Gasteiger partial charge in [0.25, 0.3) is 0 Å². The average Bonchev–Trinajstić information content (AvgIpc) is 3.36. The molecule has 26 heavy (non-hydrogen) atoms. The minimum Gasteiger partial charge on any atom is -0.381 e. The molecule has 0 radical (unpaired) electrons. The van der Waals surface area contributed by atoms with Crippen LogP contribution in [0.1, 0.15) is 51.4 Å². The number of nitrogens with zero attached hydrogens (tertiary/aromatic N) is 2. The lowest BCUT2D eigenvalue weighted by atomic mass is 10.0. The molecule has 150 valence electrons. The Bertz CT molecular complexity index is 420. The molecule has 0 amide bonds. The summed E-state index contributed by atoms with van der Waals surface area (Å²) in [6.45, 7) is 6.81. The second kappa shape index (κ2) is 11.1. The molecule has 1 unspecified atom stereocenters. The molecule has 0 aromatic rings. The molecule has 1 saturated carbocycles. The van der Waals surface area contributed by atoms with Crippen molar-refractivity contribution in [1.82, 2.24) is 15.5 Å². The summed E-state index contributed by atoms with van der Waals surface area (Å²) in [6, 6.07) is 1.37. The molecule has 1 atom stereocenters. The van der Waals surface area contributed by atoms with Gasteiger partial charge in [-0.15, -0.1) is 0 Å². The molecule has 2 heterocycles. The lowest BCUT2D eigenvalue weighted by Gasteiger charge is -2.24. The zero-order valence-corrected chi connectivity index (χ0v) is 16.5. The molecule has 3 fully saturated rings. The number of rotatable bonds is 8. The van der Waals surface area contributed by atoms with Crippen molar-refractivity contribution in [3.63, 3.8) is 0 Å². The van der Waals surface area contributed by atoms with Crippen LogP contribution in [0, 0.1) is 5.92 Å². The first-order valence-electron chi connectivity index (χ1n) is 10.7. The molecule has 6 heteroatoms. The van der Waals surface area contributed by atoms with Crippen LogP contribution in [0.25, 0.3) is 0 Å². The maximum absolute atomic E-state index is 5.83. The molecule has 3 aliphatic rings. The first kappa shape index (κ1) is 19.9. The predicted molar refractivity (Wildman–Crippen MR) is 106 cm³/mol. The highest BCUT2D eigenvalue weighted by Gasteiger charge is 2.30. The first-order chi connectivity index (χ1) is 12.8. The van der Waals surface area contributed by atoms with Crippen molar-refractivity contribution in [3.05, 3.63) is 0 Å². The van der Waals surface area contributed by atoms with Gasteiger partial charge in [-0.25, -0.2) is 0 Å². The Kier molecular flexibility index (Phi) is 8.49. The maximum atomic E-state index is 5.83. The van der Waals surface area contributed by atoms with Crippen LogP contribution < -0.4 is 10.6 Å². The molecule has 2 saturated heterocycles. The summed E-state index contributed by atoms with van der Waals surface area (Å²) in [5.74, 6) is 1.63. The molecular weight excluding hydrogens is 328 g/mol. The third-order valence-corrected chi connectivity index (χ3v) is 6.08. The summed E-state index contributed by atoms with van der Waals surface area (Å²) in [5, 5.41) is 7.04. The van der Waals surface area contributed by atoms with E-state index in [2.05, 4.69) is 20.5 Å². The molecule has 3 rings (SSSR count). The van der Waals surface area contributed by atoms with Gasteiger partial charge in [0.2, 0.25) is 0 Å². The van der Waals surface area contributed by atoms with E-state index in [1.165, 1.54) is 45.2 Å². The molecule has 0 aromatic carbocycles. The smallest absolute Gasteiger partial charge is 0.191 e. The topological polar surface area (TPSA) is 58.1 Å². The summed E-state index contributed by atoms with van der Waals surface area (Å²) in [4.78, 5) is 7.07. The van der Waals surface area contributed by atoms with E-state index in [0.29, 0.717) is 12.0 Å². The highest BCUT2D eigenvalue weighted by atomic mass is 16.5. The van der Waals surface area contributed by atoms with E-state index in [9.17, 15) is 0 Å². The minimum atomic E-state index is 0.534. The standard InChI is InChI=1S/C20H38N4O2/c1-21-20(22-10-4-12-26-16-17-8-13-25-14-9-17)23-18-7-11-24(15-18)19-5-2-3-6-19/h17-19H,2-16H2,1H3,(H2,21,22,23). The Labute approximate surface area is 159 Å². The van der Waals surface area contributed by atoms with Crippen LogP contribution in [0.4, 0.5) is 0 Å². The lowest BCUT2D eigenvalue weighted by molar-refractivity contribution is 0.0203. The minimum absolute atomic E-state index is 0.534. The summed E-state index contributed by atoms with van der Waals surface area (Å²) in [6.07, 6.45) is 10.2. The van der Waals surface area contributed by atoms with E-state index < -0.39 is 0 Å². The van der Waals surface area contributed by atoms with E-state index in [-0.39, 0.29) is 0 Å². The van der Waals surface area contributed by atoms with E-state index in [4.69, 9.17) is 9.47 Å². The molecule has 6 nitrogen and oxygen atoms in total. The molecule has 0 aromatic heterocycles. The van der Waals surface area contributed by atoms with Gasteiger partial charge in [-0.2, -0.15) is 0 Å². The number of ether oxygens (including phenoxy) is 2. The third kappa shape index (κ3) is 6.39. The summed E-state index contributed by atoms with van der Waals surface area (Å²) >= 11 is 0. The van der Waals surface area contributed by atoms with Crippen molar-refractivity contribution in [2.24, 2.45) is 10.9 Å². The Morgan fingerprint density at radius 3 is 2.73 bits per heavy atom.